The summed E-state index contributed by atoms with van der Waals surface area (Å²) in [5.41, 5.74) is 1.24. The van der Waals surface area contributed by atoms with Crippen molar-refractivity contribution in [1.29, 1.82) is 0 Å². The van der Waals surface area contributed by atoms with Crippen LogP contribution >= 0.6 is 11.6 Å². The third kappa shape index (κ3) is 5.00. The maximum absolute atomic E-state index is 13.7. The predicted octanol–water partition coefficient (Wildman–Crippen LogP) is 5.53. The SMILES string of the molecule is CCCN(C(C)c1nc2cc(Cl)ccc2c(=O)n1CC)S(=O)(=O)c1ccc(C(C)(C)C)cc1. The average molecular weight is 490 g/mol. The van der Waals surface area contributed by atoms with Crippen LogP contribution in [0.5, 0.6) is 0 Å². The fraction of sp³-hybridized carbons (Fsp3) is 0.440. The molecule has 33 heavy (non-hydrogen) atoms. The first-order chi connectivity index (χ1) is 15.4. The lowest BCUT2D eigenvalue weighted by molar-refractivity contribution is 0.321. The van der Waals surface area contributed by atoms with Gasteiger partial charge in [-0.2, -0.15) is 4.31 Å². The Morgan fingerprint density at radius 3 is 2.27 bits per heavy atom. The first kappa shape index (κ1) is 25.4. The first-order valence-electron chi connectivity index (χ1n) is 11.2. The maximum atomic E-state index is 13.7. The average Bonchev–Trinajstić information content (AvgIpc) is 2.76. The Bertz CT molecular complexity index is 1310. The van der Waals surface area contributed by atoms with Gasteiger partial charge in [0.2, 0.25) is 10.0 Å². The van der Waals surface area contributed by atoms with Crippen LogP contribution in [0.1, 0.15) is 65.4 Å². The molecule has 0 saturated heterocycles. The van der Waals surface area contributed by atoms with E-state index in [0.717, 1.165) is 5.56 Å². The summed E-state index contributed by atoms with van der Waals surface area (Å²) < 4.78 is 30.4. The molecular formula is C25H32ClN3O3S. The Balaban J connectivity index is 2.13. The van der Waals surface area contributed by atoms with E-state index in [0.29, 0.717) is 41.3 Å². The molecule has 0 bridgehead atoms. The van der Waals surface area contributed by atoms with Crippen LogP contribution in [0, 0.1) is 0 Å². The molecule has 0 N–H and O–H groups in total. The first-order valence-corrected chi connectivity index (χ1v) is 13.1. The van der Waals surface area contributed by atoms with Gasteiger partial charge in [0.25, 0.3) is 5.56 Å². The minimum absolute atomic E-state index is 0.0772. The number of sulfonamides is 1. The molecule has 3 aromatic rings. The van der Waals surface area contributed by atoms with Gasteiger partial charge in [-0.25, -0.2) is 13.4 Å². The summed E-state index contributed by atoms with van der Waals surface area (Å²) in [4.78, 5) is 18.1. The largest absolute Gasteiger partial charge is 0.295 e. The van der Waals surface area contributed by atoms with Gasteiger partial charge in [-0.15, -0.1) is 0 Å². The highest BCUT2D eigenvalue weighted by Gasteiger charge is 2.32. The summed E-state index contributed by atoms with van der Waals surface area (Å²) in [6.45, 7) is 12.5. The molecule has 178 valence electrons. The standard InChI is InChI=1S/C25H32ClN3O3S/c1-7-15-29(33(31,32)20-12-9-18(10-13-20)25(4,5)6)17(3)23-27-22-16-19(26)11-14-21(22)24(30)28(23)8-2/h9-14,16-17H,7-8,15H2,1-6H3. The molecule has 0 aliphatic rings. The van der Waals surface area contributed by atoms with Crippen molar-refractivity contribution in [2.24, 2.45) is 0 Å². The second-order valence-corrected chi connectivity index (χ2v) is 11.6. The van der Waals surface area contributed by atoms with Crippen LogP contribution in [0.4, 0.5) is 0 Å². The van der Waals surface area contributed by atoms with Crippen LogP contribution < -0.4 is 5.56 Å². The van der Waals surface area contributed by atoms with Gasteiger partial charge in [0, 0.05) is 18.1 Å². The van der Waals surface area contributed by atoms with E-state index in [4.69, 9.17) is 16.6 Å². The minimum Gasteiger partial charge on any atom is -0.295 e. The number of rotatable bonds is 7. The Morgan fingerprint density at radius 1 is 1.09 bits per heavy atom. The molecule has 3 rings (SSSR count). The Hall–Kier alpha value is -2.22. The molecule has 0 aliphatic heterocycles. The van der Waals surface area contributed by atoms with Crippen molar-refractivity contribution in [2.75, 3.05) is 6.54 Å². The number of halogens is 1. The molecule has 0 aliphatic carbocycles. The number of benzene rings is 2. The van der Waals surface area contributed by atoms with Gasteiger partial charge in [0.15, 0.2) is 0 Å². The van der Waals surface area contributed by atoms with Gasteiger partial charge >= 0.3 is 0 Å². The molecule has 0 saturated carbocycles. The normalized spacial score (nSPS) is 13.6. The van der Waals surface area contributed by atoms with E-state index in [1.807, 2.05) is 26.0 Å². The molecule has 1 unspecified atom stereocenters. The van der Waals surface area contributed by atoms with Crippen LogP contribution in [0.25, 0.3) is 10.9 Å². The van der Waals surface area contributed by atoms with Gasteiger partial charge in [0.1, 0.15) is 5.82 Å². The van der Waals surface area contributed by atoms with Gasteiger partial charge in [0.05, 0.1) is 21.8 Å². The summed E-state index contributed by atoms with van der Waals surface area (Å²) in [6.07, 6.45) is 0.624. The monoisotopic (exact) mass is 489 g/mol. The van der Waals surface area contributed by atoms with Crippen molar-refractivity contribution >= 4 is 32.5 Å². The number of hydrogen-bond acceptors (Lipinski definition) is 4. The fourth-order valence-corrected chi connectivity index (χ4v) is 5.82. The smallest absolute Gasteiger partial charge is 0.261 e. The highest BCUT2D eigenvalue weighted by molar-refractivity contribution is 7.89. The Labute approximate surface area is 201 Å². The van der Waals surface area contributed by atoms with E-state index in [2.05, 4.69) is 20.8 Å². The van der Waals surface area contributed by atoms with Gasteiger partial charge in [-0.05, 0) is 61.6 Å². The van der Waals surface area contributed by atoms with Crippen LogP contribution in [0.2, 0.25) is 5.02 Å². The summed E-state index contributed by atoms with van der Waals surface area (Å²) in [5.74, 6) is 0.403. The van der Waals surface area contributed by atoms with Crippen molar-refractivity contribution in [3.05, 3.63) is 69.2 Å². The molecule has 6 nitrogen and oxygen atoms in total. The van der Waals surface area contributed by atoms with Crippen molar-refractivity contribution in [3.8, 4) is 0 Å². The summed E-state index contributed by atoms with van der Waals surface area (Å²) in [5, 5.41) is 0.930. The molecule has 1 aromatic heterocycles. The third-order valence-corrected chi connectivity index (χ3v) is 8.06. The molecule has 1 heterocycles. The number of nitrogens with zero attached hydrogens (tertiary/aromatic N) is 3. The molecule has 2 aromatic carbocycles. The highest BCUT2D eigenvalue weighted by Crippen LogP contribution is 2.29. The molecule has 0 radical (unpaired) electrons. The second kappa shape index (κ2) is 9.57. The minimum atomic E-state index is -3.82. The second-order valence-electron chi connectivity index (χ2n) is 9.25. The van der Waals surface area contributed by atoms with Crippen LogP contribution in [-0.2, 0) is 22.0 Å². The fourth-order valence-electron chi connectivity index (χ4n) is 3.97. The lowest BCUT2D eigenvalue weighted by Gasteiger charge is -2.29. The van der Waals surface area contributed by atoms with Gasteiger partial charge in [-0.1, -0.05) is 51.4 Å². The van der Waals surface area contributed by atoms with E-state index >= 15 is 0 Å². The Kier molecular flexibility index (Phi) is 7.36. The van der Waals surface area contributed by atoms with Gasteiger partial charge < -0.3 is 0 Å². The number of hydrogen-bond donors (Lipinski definition) is 0. The van der Waals surface area contributed by atoms with E-state index in [1.54, 1.807) is 41.8 Å². The molecule has 0 amide bonds. The topological polar surface area (TPSA) is 72.3 Å². The quantitative estimate of drug-likeness (QED) is 0.437. The number of fused-ring (bicyclic) bond motifs is 1. The molecule has 0 spiro atoms. The Morgan fingerprint density at radius 2 is 1.73 bits per heavy atom. The van der Waals surface area contributed by atoms with Crippen molar-refractivity contribution in [2.45, 2.75) is 70.9 Å². The molecular weight excluding hydrogens is 458 g/mol. The molecule has 0 fully saturated rings. The summed E-state index contributed by atoms with van der Waals surface area (Å²) in [6, 6.07) is 11.3. The third-order valence-electron chi connectivity index (χ3n) is 5.84. The zero-order valence-corrected chi connectivity index (χ0v) is 21.7. The lowest BCUT2D eigenvalue weighted by Crippen LogP contribution is -2.38. The van der Waals surface area contributed by atoms with Crippen molar-refractivity contribution < 1.29 is 8.42 Å². The molecule has 8 heteroatoms. The van der Waals surface area contributed by atoms with Crippen LogP contribution in [-0.4, -0.2) is 28.8 Å². The van der Waals surface area contributed by atoms with E-state index in [9.17, 15) is 13.2 Å². The number of aromatic nitrogens is 2. The van der Waals surface area contributed by atoms with Crippen LogP contribution in [0.3, 0.4) is 0 Å². The van der Waals surface area contributed by atoms with E-state index in [-0.39, 0.29) is 15.9 Å². The summed E-state index contributed by atoms with van der Waals surface area (Å²) in [7, 11) is -3.82. The molecule has 1 atom stereocenters. The zero-order chi connectivity index (χ0) is 24.6. The van der Waals surface area contributed by atoms with E-state index in [1.165, 1.54) is 4.31 Å². The van der Waals surface area contributed by atoms with Gasteiger partial charge in [-0.3, -0.25) is 9.36 Å². The van der Waals surface area contributed by atoms with Crippen molar-refractivity contribution in [3.63, 3.8) is 0 Å². The predicted molar refractivity (Wildman–Crippen MR) is 134 cm³/mol. The zero-order valence-electron chi connectivity index (χ0n) is 20.1. The van der Waals surface area contributed by atoms with E-state index < -0.39 is 16.1 Å². The maximum Gasteiger partial charge on any atom is 0.261 e. The van der Waals surface area contributed by atoms with Crippen molar-refractivity contribution in [1.82, 2.24) is 13.9 Å². The van der Waals surface area contributed by atoms with Crippen LogP contribution in [0.15, 0.2) is 52.2 Å². The lowest BCUT2D eigenvalue weighted by atomic mass is 9.87. The summed E-state index contributed by atoms with van der Waals surface area (Å²) >= 11 is 6.13. The highest BCUT2D eigenvalue weighted by atomic mass is 35.5.